The first-order valence-electron chi connectivity index (χ1n) is 5.27. The number of phenolic OH excluding ortho intramolecular Hbond substituents is 1. The average molecular weight is 308 g/mol. The molecule has 0 saturated heterocycles. The summed E-state index contributed by atoms with van der Waals surface area (Å²) in [5, 5.41) is 8.62. The molecule has 0 fully saturated rings. The van der Waals surface area contributed by atoms with Crippen molar-refractivity contribution in [3.8, 4) is 5.75 Å². The average Bonchev–Trinajstić information content (AvgIpc) is 2.33. The number of benzene rings is 1. The summed E-state index contributed by atoms with van der Waals surface area (Å²) in [4.78, 5) is 11.2. The summed E-state index contributed by atoms with van der Waals surface area (Å²) in [7, 11) is -2.93. The smallest absolute Gasteiger partial charge is 0.325 e. The number of halogens is 1. The molecule has 6 nitrogen and oxygen atoms in total. The van der Waals surface area contributed by atoms with Crippen molar-refractivity contribution >= 4 is 33.3 Å². The van der Waals surface area contributed by atoms with Crippen LogP contribution in [0, 0.1) is 6.92 Å². The number of hydrogen-bond acceptors (Lipinski definition) is 5. The highest BCUT2D eigenvalue weighted by atomic mass is 35.5. The molecule has 0 radical (unpaired) electrons. The van der Waals surface area contributed by atoms with E-state index in [0.29, 0.717) is 5.56 Å². The van der Waals surface area contributed by atoms with Crippen molar-refractivity contribution < 1.29 is 23.1 Å². The van der Waals surface area contributed by atoms with Gasteiger partial charge in [-0.05, 0) is 31.5 Å². The fourth-order valence-electron chi connectivity index (χ4n) is 1.35. The minimum absolute atomic E-state index is 0.0826. The van der Waals surface area contributed by atoms with E-state index in [9.17, 15) is 18.3 Å². The van der Waals surface area contributed by atoms with Crippen molar-refractivity contribution in [1.82, 2.24) is 0 Å². The maximum Gasteiger partial charge on any atom is 0.325 e. The highest BCUT2D eigenvalue weighted by Crippen LogP contribution is 2.32. The van der Waals surface area contributed by atoms with E-state index in [0.717, 1.165) is 7.11 Å². The van der Waals surface area contributed by atoms with E-state index in [-0.39, 0.29) is 16.5 Å². The van der Waals surface area contributed by atoms with Crippen molar-refractivity contribution in [1.29, 1.82) is 0 Å². The van der Waals surface area contributed by atoms with Crippen LogP contribution in [0.15, 0.2) is 12.1 Å². The largest absolute Gasteiger partial charge is 0.505 e. The first-order valence-corrected chi connectivity index (χ1v) is 7.20. The molecule has 2 N–H and O–H groups in total. The van der Waals surface area contributed by atoms with Crippen molar-refractivity contribution in [2.45, 2.75) is 19.1 Å². The van der Waals surface area contributed by atoms with E-state index in [1.165, 1.54) is 19.1 Å². The van der Waals surface area contributed by atoms with Gasteiger partial charge in [-0.3, -0.25) is 9.52 Å². The predicted molar refractivity (Wildman–Crippen MR) is 71.9 cm³/mol. The molecule has 1 aromatic carbocycles. The van der Waals surface area contributed by atoms with E-state index in [4.69, 9.17) is 11.6 Å². The Balaban J connectivity index is 3.12. The number of phenols is 1. The summed E-state index contributed by atoms with van der Waals surface area (Å²) in [6.07, 6.45) is 0. The molecule has 0 saturated carbocycles. The SMILES string of the molecule is COC(=O)C(C)S(=O)(=O)Nc1cc(Cl)cc(C)c1O. The number of ether oxygens (including phenoxy) is 1. The molecule has 1 rings (SSSR count). The number of hydrogen-bond donors (Lipinski definition) is 2. The number of rotatable bonds is 4. The summed E-state index contributed by atoms with van der Waals surface area (Å²) >= 11 is 5.78. The quantitative estimate of drug-likeness (QED) is 0.652. The molecule has 0 amide bonds. The molecule has 0 aliphatic carbocycles. The second-order valence-corrected chi connectivity index (χ2v) is 6.37. The molecular formula is C11H14ClNO5S. The third-order valence-corrected chi connectivity index (χ3v) is 4.36. The van der Waals surface area contributed by atoms with Gasteiger partial charge in [-0.25, -0.2) is 8.42 Å². The lowest BCUT2D eigenvalue weighted by molar-refractivity contribution is -0.139. The minimum Gasteiger partial charge on any atom is -0.505 e. The van der Waals surface area contributed by atoms with Crippen LogP contribution in [-0.4, -0.2) is 31.9 Å². The first kappa shape index (κ1) is 15.6. The van der Waals surface area contributed by atoms with Crippen LogP contribution < -0.4 is 4.72 Å². The van der Waals surface area contributed by atoms with Gasteiger partial charge in [0.15, 0.2) is 5.25 Å². The van der Waals surface area contributed by atoms with Gasteiger partial charge in [0, 0.05) is 5.02 Å². The van der Waals surface area contributed by atoms with Crippen LogP contribution in [0.3, 0.4) is 0 Å². The van der Waals surface area contributed by atoms with Crippen molar-refractivity contribution in [2.24, 2.45) is 0 Å². The third kappa shape index (κ3) is 3.51. The minimum atomic E-state index is -4.02. The Bertz CT molecular complexity index is 599. The van der Waals surface area contributed by atoms with Crippen LogP contribution in [-0.2, 0) is 19.6 Å². The Morgan fingerprint density at radius 1 is 1.47 bits per heavy atom. The number of esters is 1. The molecular weight excluding hydrogens is 294 g/mol. The van der Waals surface area contributed by atoms with Crippen molar-refractivity contribution in [3.05, 3.63) is 22.7 Å². The van der Waals surface area contributed by atoms with E-state index in [2.05, 4.69) is 9.46 Å². The molecule has 0 heterocycles. The van der Waals surface area contributed by atoms with Crippen molar-refractivity contribution in [2.75, 3.05) is 11.8 Å². The van der Waals surface area contributed by atoms with Crippen molar-refractivity contribution in [3.63, 3.8) is 0 Å². The lowest BCUT2D eigenvalue weighted by Crippen LogP contribution is -2.33. The van der Waals surface area contributed by atoms with E-state index < -0.39 is 21.2 Å². The number of aryl methyl sites for hydroxylation is 1. The molecule has 0 spiro atoms. The van der Waals surface area contributed by atoms with Crippen LogP contribution >= 0.6 is 11.6 Å². The molecule has 0 aromatic heterocycles. The Hall–Kier alpha value is -1.47. The van der Waals surface area contributed by atoms with Crippen LogP contribution in [0.2, 0.25) is 5.02 Å². The topological polar surface area (TPSA) is 92.7 Å². The molecule has 0 aliphatic rings. The van der Waals surface area contributed by atoms with Gasteiger partial charge in [-0.1, -0.05) is 11.6 Å². The zero-order chi connectivity index (χ0) is 14.8. The molecule has 19 heavy (non-hydrogen) atoms. The third-order valence-electron chi connectivity index (χ3n) is 2.52. The molecule has 1 aromatic rings. The Morgan fingerprint density at radius 2 is 2.05 bits per heavy atom. The zero-order valence-electron chi connectivity index (χ0n) is 10.6. The van der Waals surface area contributed by atoms with Gasteiger partial charge in [0.25, 0.3) is 0 Å². The number of sulfonamides is 1. The van der Waals surface area contributed by atoms with Gasteiger partial charge >= 0.3 is 5.97 Å². The van der Waals surface area contributed by atoms with E-state index >= 15 is 0 Å². The van der Waals surface area contributed by atoms with Crippen LogP contribution in [0.5, 0.6) is 5.75 Å². The summed E-state index contributed by atoms with van der Waals surface area (Å²) in [6.45, 7) is 2.76. The first-order chi connectivity index (χ1) is 8.69. The molecule has 1 atom stereocenters. The van der Waals surface area contributed by atoms with Gasteiger partial charge in [0.1, 0.15) is 5.75 Å². The second kappa shape index (κ2) is 5.66. The van der Waals surface area contributed by atoms with Gasteiger partial charge in [-0.15, -0.1) is 0 Å². The zero-order valence-corrected chi connectivity index (χ0v) is 12.2. The summed E-state index contributed by atoms with van der Waals surface area (Å²) < 4.78 is 30.3. The standard InChI is InChI=1S/C11H14ClNO5S/c1-6-4-8(12)5-9(10(6)14)13-19(16,17)7(2)11(15)18-3/h4-5,7,13-14H,1-3H3. The Morgan fingerprint density at radius 3 is 2.58 bits per heavy atom. The lowest BCUT2D eigenvalue weighted by Gasteiger charge is -2.15. The predicted octanol–water partition coefficient (Wildman–Crippen LogP) is 1.66. The second-order valence-electron chi connectivity index (χ2n) is 3.93. The van der Waals surface area contributed by atoms with Gasteiger partial charge in [0.2, 0.25) is 10.0 Å². The molecule has 8 heteroatoms. The highest BCUT2D eigenvalue weighted by Gasteiger charge is 2.29. The summed E-state index contributed by atoms with van der Waals surface area (Å²) in [5.74, 6) is -1.14. The fraction of sp³-hybridized carbons (Fsp3) is 0.364. The summed E-state index contributed by atoms with van der Waals surface area (Å²) in [6, 6.07) is 2.74. The number of carbonyl (C=O) groups is 1. The van der Waals surface area contributed by atoms with Gasteiger partial charge in [0.05, 0.1) is 12.8 Å². The highest BCUT2D eigenvalue weighted by molar-refractivity contribution is 7.94. The maximum atomic E-state index is 11.9. The number of methoxy groups -OCH3 is 1. The lowest BCUT2D eigenvalue weighted by atomic mass is 10.2. The normalized spacial score (nSPS) is 12.8. The maximum absolute atomic E-state index is 11.9. The Kier molecular flexibility index (Phi) is 4.65. The van der Waals surface area contributed by atoms with E-state index in [1.54, 1.807) is 6.92 Å². The fourth-order valence-corrected chi connectivity index (χ4v) is 2.61. The summed E-state index contributed by atoms with van der Waals surface area (Å²) in [5.41, 5.74) is 0.330. The number of aromatic hydroxyl groups is 1. The molecule has 1 unspecified atom stereocenters. The van der Waals surface area contributed by atoms with Crippen LogP contribution in [0.4, 0.5) is 5.69 Å². The Labute approximate surface area is 116 Å². The van der Waals surface area contributed by atoms with E-state index in [1.807, 2.05) is 0 Å². The van der Waals surface area contributed by atoms with Gasteiger partial charge in [-0.2, -0.15) is 0 Å². The van der Waals surface area contributed by atoms with Crippen LogP contribution in [0.25, 0.3) is 0 Å². The molecule has 106 valence electrons. The molecule has 0 aliphatic heterocycles. The van der Waals surface area contributed by atoms with Gasteiger partial charge < -0.3 is 9.84 Å². The monoisotopic (exact) mass is 307 g/mol. The van der Waals surface area contributed by atoms with Crippen LogP contribution in [0.1, 0.15) is 12.5 Å². The number of carbonyl (C=O) groups excluding carboxylic acids is 1. The number of anilines is 1. The molecule has 0 bridgehead atoms. The number of nitrogens with one attached hydrogen (secondary N) is 1.